The molecule has 0 bridgehead atoms. The van der Waals surface area contributed by atoms with Gasteiger partial charge in [-0.1, -0.05) is 0 Å². The van der Waals surface area contributed by atoms with E-state index in [9.17, 15) is 0 Å². The van der Waals surface area contributed by atoms with Crippen LogP contribution in [0.5, 0.6) is 5.75 Å². The predicted molar refractivity (Wildman–Crippen MR) is 130 cm³/mol. The monoisotopic (exact) mass is 447 g/mol. The quantitative estimate of drug-likeness (QED) is 0.288. The Kier molecular flexibility index (Phi) is 10.9. The third kappa shape index (κ3) is 8.48. The fourth-order valence-corrected chi connectivity index (χ4v) is 4.02. The van der Waals surface area contributed by atoms with Gasteiger partial charge >= 0.3 is 0 Å². The van der Waals surface area contributed by atoms with Crippen LogP contribution in [0.2, 0.25) is 0 Å². The van der Waals surface area contributed by atoms with Crippen LogP contribution in [0.25, 0.3) is 0 Å². The van der Waals surface area contributed by atoms with Gasteiger partial charge in [0, 0.05) is 64.7 Å². The van der Waals surface area contributed by atoms with E-state index in [2.05, 4.69) is 44.5 Å². The third-order valence-electron chi connectivity index (χ3n) is 5.91. The molecular weight excluding hydrogens is 406 g/mol. The third-order valence-corrected chi connectivity index (χ3v) is 5.91. The average Bonchev–Trinajstić information content (AvgIpc) is 3.35. The molecule has 2 aliphatic rings. The van der Waals surface area contributed by atoms with E-state index in [4.69, 9.17) is 14.2 Å². The van der Waals surface area contributed by atoms with Gasteiger partial charge in [-0.05, 0) is 57.0 Å². The number of hydrogen-bond donors (Lipinski definition) is 2. The van der Waals surface area contributed by atoms with Crippen LogP contribution in [0, 0.1) is 0 Å². The van der Waals surface area contributed by atoms with Crippen LogP contribution in [0.4, 0.5) is 5.69 Å². The zero-order valence-corrected chi connectivity index (χ0v) is 19.9. The minimum Gasteiger partial charge on any atom is -0.497 e. The van der Waals surface area contributed by atoms with E-state index < -0.39 is 0 Å². The molecule has 2 fully saturated rings. The van der Waals surface area contributed by atoms with E-state index in [1.165, 1.54) is 5.69 Å². The Morgan fingerprint density at radius 3 is 2.62 bits per heavy atom. The summed E-state index contributed by atoms with van der Waals surface area (Å²) in [4.78, 5) is 9.68. The summed E-state index contributed by atoms with van der Waals surface area (Å²) >= 11 is 0. The zero-order chi connectivity index (χ0) is 22.4. The van der Waals surface area contributed by atoms with Crippen LogP contribution in [0.1, 0.15) is 26.2 Å². The molecule has 2 saturated heterocycles. The number of hydrogen-bond acceptors (Lipinski definition) is 6. The van der Waals surface area contributed by atoms with Gasteiger partial charge in [-0.3, -0.25) is 9.89 Å². The number of benzene rings is 1. The number of nitrogens with zero attached hydrogens (tertiary/aromatic N) is 3. The summed E-state index contributed by atoms with van der Waals surface area (Å²) in [5.41, 5.74) is 1.28. The number of ether oxygens (including phenoxy) is 3. The highest BCUT2D eigenvalue weighted by atomic mass is 16.5. The molecule has 0 aliphatic carbocycles. The highest BCUT2D eigenvalue weighted by molar-refractivity contribution is 5.79. The minimum atomic E-state index is 0.281. The zero-order valence-electron chi connectivity index (χ0n) is 19.9. The molecule has 2 heterocycles. The standard InChI is InChI=1S/C24H41N5O3/c1-3-25-24(27-12-5-18-32-23-10-19-31-20-23)26-11-4-13-28-14-16-29(17-15-28)21-6-8-22(30-2)9-7-21/h6-9,23H,3-5,10-20H2,1-2H3,(H2,25,26,27). The van der Waals surface area contributed by atoms with Gasteiger partial charge < -0.3 is 29.7 Å². The summed E-state index contributed by atoms with van der Waals surface area (Å²) in [6, 6.07) is 8.37. The Balaban J connectivity index is 1.26. The Bertz CT molecular complexity index is 656. The van der Waals surface area contributed by atoms with Crippen LogP contribution < -0.4 is 20.3 Å². The average molecular weight is 448 g/mol. The molecule has 8 nitrogen and oxygen atoms in total. The lowest BCUT2D eigenvalue weighted by atomic mass is 10.2. The Labute approximate surface area is 193 Å². The number of guanidine groups is 1. The second-order valence-electron chi connectivity index (χ2n) is 8.28. The normalized spacial score (nSPS) is 19.9. The lowest BCUT2D eigenvalue weighted by molar-refractivity contribution is 0.0424. The molecular formula is C24H41N5O3. The van der Waals surface area contributed by atoms with Gasteiger partial charge in [0.05, 0.1) is 19.8 Å². The summed E-state index contributed by atoms with van der Waals surface area (Å²) in [6.07, 6.45) is 3.34. The van der Waals surface area contributed by atoms with Gasteiger partial charge in [0.15, 0.2) is 5.96 Å². The van der Waals surface area contributed by atoms with Crippen molar-refractivity contribution in [1.82, 2.24) is 15.5 Å². The molecule has 0 amide bonds. The van der Waals surface area contributed by atoms with Gasteiger partial charge in [-0.15, -0.1) is 0 Å². The predicted octanol–water partition coefficient (Wildman–Crippen LogP) is 1.96. The van der Waals surface area contributed by atoms with Crippen LogP contribution in [0.15, 0.2) is 29.3 Å². The molecule has 8 heteroatoms. The summed E-state index contributed by atoms with van der Waals surface area (Å²) in [5, 5.41) is 6.80. The molecule has 0 spiro atoms. The summed E-state index contributed by atoms with van der Waals surface area (Å²) in [7, 11) is 1.71. The van der Waals surface area contributed by atoms with Crippen molar-refractivity contribution in [2.75, 3.05) is 84.2 Å². The van der Waals surface area contributed by atoms with Gasteiger partial charge in [-0.2, -0.15) is 0 Å². The number of methoxy groups -OCH3 is 1. The lowest BCUT2D eigenvalue weighted by Crippen LogP contribution is -2.47. The molecule has 180 valence electrons. The molecule has 32 heavy (non-hydrogen) atoms. The van der Waals surface area contributed by atoms with Gasteiger partial charge in [-0.25, -0.2) is 0 Å². The summed E-state index contributed by atoms with van der Waals surface area (Å²) < 4.78 is 16.4. The van der Waals surface area contributed by atoms with Crippen LogP contribution >= 0.6 is 0 Å². The first-order chi connectivity index (χ1) is 15.8. The van der Waals surface area contributed by atoms with Crippen molar-refractivity contribution in [3.63, 3.8) is 0 Å². The Hall–Kier alpha value is -2.03. The van der Waals surface area contributed by atoms with Crippen molar-refractivity contribution in [1.29, 1.82) is 0 Å². The van der Waals surface area contributed by atoms with Crippen molar-refractivity contribution in [3.05, 3.63) is 24.3 Å². The second-order valence-corrected chi connectivity index (χ2v) is 8.28. The highest BCUT2D eigenvalue weighted by Gasteiger charge is 2.17. The smallest absolute Gasteiger partial charge is 0.191 e. The maximum atomic E-state index is 5.81. The molecule has 3 rings (SSSR count). The van der Waals surface area contributed by atoms with Crippen LogP contribution in [-0.4, -0.2) is 96.3 Å². The molecule has 2 N–H and O–H groups in total. The first-order valence-corrected chi connectivity index (χ1v) is 12.1. The number of aliphatic imine (C=N–C) groups is 1. The van der Waals surface area contributed by atoms with Crippen molar-refractivity contribution in [2.45, 2.75) is 32.3 Å². The number of piperazine rings is 1. The van der Waals surface area contributed by atoms with Crippen molar-refractivity contribution >= 4 is 11.6 Å². The number of nitrogens with one attached hydrogen (secondary N) is 2. The molecule has 1 aromatic rings. The number of rotatable bonds is 12. The Morgan fingerprint density at radius 2 is 1.94 bits per heavy atom. The summed E-state index contributed by atoms with van der Waals surface area (Å²) in [6.45, 7) is 12.4. The van der Waals surface area contributed by atoms with E-state index in [1.807, 2.05) is 12.1 Å². The fraction of sp³-hybridized carbons (Fsp3) is 0.708. The number of anilines is 1. The van der Waals surface area contributed by atoms with Crippen molar-refractivity contribution in [3.8, 4) is 5.75 Å². The topological polar surface area (TPSA) is 70.6 Å². The second kappa shape index (κ2) is 14.2. The lowest BCUT2D eigenvalue weighted by Gasteiger charge is -2.36. The molecule has 0 saturated carbocycles. The van der Waals surface area contributed by atoms with Crippen molar-refractivity contribution < 1.29 is 14.2 Å². The van der Waals surface area contributed by atoms with Gasteiger partial charge in [0.25, 0.3) is 0 Å². The van der Waals surface area contributed by atoms with Crippen molar-refractivity contribution in [2.24, 2.45) is 4.99 Å². The van der Waals surface area contributed by atoms with E-state index in [-0.39, 0.29) is 6.10 Å². The SMILES string of the molecule is CCNC(=NCCCOC1CCOC1)NCCCN1CCN(c2ccc(OC)cc2)CC1. The minimum absolute atomic E-state index is 0.281. The first kappa shape index (κ1) is 24.6. The molecule has 2 aliphatic heterocycles. The van der Waals surface area contributed by atoms with E-state index >= 15 is 0 Å². The molecule has 0 aromatic heterocycles. The van der Waals surface area contributed by atoms with Crippen LogP contribution in [0.3, 0.4) is 0 Å². The molecule has 1 unspecified atom stereocenters. The maximum Gasteiger partial charge on any atom is 0.191 e. The molecule has 1 atom stereocenters. The molecule has 0 radical (unpaired) electrons. The maximum absolute atomic E-state index is 5.81. The Morgan fingerprint density at radius 1 is 1.12 bits per heavy atom. The van der Waals surface area contributed by atoms with E-state index in [1.54, 1.807) is 7.11 Å². The first-order valence-electron chi connectivity index (χ1n) is 12.1. The highest BCUT2D eigenvalue weighted by Crippen LogP contribution is 2.20. The van der Waals surface area contributed by atoms with Crippen LogP contribution in [-0.2, 0) is 9.47 Å². The molecule has 1 aromatic carbocycles. The fourth-order valence-electron chi connectivity index (χ4n) is 4.02. The van der Waals surface area contributed by atoms with Gasteiger partial charge in [0.1, 0.15) is 5.75 Å². The largest absolute Gasteiger partial charge is 0.497 e. The van der Waals surface area contributed by atoms with E-state index in [0.29, 0.717) is 0 Å². The summed E-state index contributed by atoms with van der Waals surface area (Å²) in [5.74, 6) is 1.81. The van der Waals surface area contributed by atoms with E-state index in [0.717, 1.165) is 103 Å². The van der Waals surface area contributed by atoms with Gasteiger partial charge in [0.2, 0.25) is 0 Å².